The highest BCUT2D eigenvalue weighted by Gasteiger charge is 2.39. The average Bonchev–Trinajstić information content (AvgIpc) is 2.75. The summed E-state index contributed by atoms with van der Waals surface area (Å²) in [4.78, 5) is 18.9. The first kappa shape index (κ1) is 19.0. The molecule has 1 aromatic carbocycles. The minimum Gasteiger partial charge on any atom is -0.381 e. The molecule has 0 atom stereocenters. The lowest BCUT2D eigenvalue weighted by atomic mass is 9.71. The third kappa shape index (κ3) is 4.25. The van der Waals surface area contributed by atoms with Gasteiger partial charge in [0.15, 0.2) is 0 Å². The summed E-state index contributed by atoms with van der Waals surface area (Å²) >= 11 is 5.40. The lowest BCUT2D eigenvalue weighted by Gasteiger charge is -2.49. The molecular formula is C21H30ClN3O2. The highest BCUT2D eigenvalue weighted by molar-refractivity contribution is 6.24. The van der Waals surface area contributed by atoms with Crippen molar-refractivity contribution in [1.29, 1.82) is 0 Å². The maximum Gasteiger partial charge on any atom is 0.265 e. The normalized spacial score (nSPS) is 24.1. The fourth-order valence-corrected chi connectivity index (χ4v) is 5.14. The molecule has 1 aromatic rings. The number of hydrogen-bond acceptors (Lipinski definition) is 4. The molecule has 1 amide bonds. The van der Waals surface area contributed by atoms with Crippen molar-refractivity contribution >= 4 is 23.4 Å². The van der Waals surface area contributed by atoms with Crippen LogP contribution < -0.4 is 9.74 Å². The van der Waals surface area contributed by atoms with Gasteiger partial charge in [0.25, 0.3) is 5.91 Å². The van der Waals surface area contributed by atoms with Crippen molar-refractivity contribution in [3.05, 3.63) is 29.8 Å². The van der Waals surface area contributed by atoms with Crippen LogP contribution in [0.2, 0.25) is 0 Å². The Morgan fingerprint density at radius 3 is 2.19 bits per heavy atom. The van der Waals surface area contributed by atoms with E-state index in [4.69, 9.17) is 16.5 Å². The van der Waals surface area contributed by atoms with Gasteiger partial charge in [0.05, 0.1) is 0 Å². The molecule has 3 fully saturated rings. The van der Waals surface area contributed by atoms with E-state index in [1.807, 2.05) is 24.3 Å². The first-order valence-corrected chi connectivity index (χ1v) is 10.6. The Kier molecular flexibility index (Phi) is 5.90. The molecule has 6 heteroatoms. The number of amides is 1. The molecular weight excluding hydrogens is 362 g/mol. The van der Waals surface area contributed by atoms with Crippen LogP contribution in [-0.2, 0) is 4.74 Å². The largest absolute Gasteiger partial charge is 0.381 e. The second-order valence-electron chi connectivity index (χ2n) is 8.34. The number of nitrogens with one attached hydrogen (secondary N) is 1. The summed E-state index contributed by atoms with van der Waals surface area (Å²) in [5, 5.41) is 0. The van der Waals surface area contributed by atoms with Gasteiger partial charge in [-0.2, -0.15) is 0 Å². The molecule has 148 valence electrons. The highest BCUT2D eigenvalue weighted by atomic mass is 35.5. The number of rotatable bonds is 3. The van der Waals surface area contributed by atoms with E-state index in [2.05, 4.69) is 14.6 Å². The molecule has 3 aliphatic heterocycles. The van der Waals surface area contributed by atoms with E-state index in [1.165, 1.54) is 57.3 Å². The van der Waals surface area contributed by atoms with Crippen molar-refractivity contribution in [2.45, 2.75) is 44.6 Å². The van der Waals surface area contributed by atoms with E-state index in [-0.39, 0.29) is 5.91 Å². The van der Waals surface area contributed by atoms with Crippen molar-refractivity contribution in [3.8, 4) is 0 Å². The van der Waals surface area contributed by atoms with Crippen molar-refractivity contribution in [2.75, 3.05) is 44.3 Å². The quantitative estimate of drug-likeness (QED) is 0.802. The summed E-state index contributed by atoms with van der Waals surface area (Å²) in [5.74, 6) is -0.253. The fraction of sp³-hybridized carbons (Fsp3) is 0.667. The van der Waals surface area contributed by atoms with Gasteiger partial charge in [0.1, 0.15) is 0 Å². The molecule has 0 aromatic heterocycles. The van der Waals surface area contributed by atoms with Gasteiger partial charge in [-0.3, -0.25) is 9.63 Å². The Morgan fingerprint density at radius 2 is 1.59 bits per heavy atom. The predicted molar refractivity (Wildman–Crippen MR) is 108 cm³/mol. The van der Waals surface area contributed by atoms with Crippen LogP contribution in [0, 0.1) is 5.41 Å². The van der Waals surface area contributed by atoms with E-state index in [0.717, 1.165) is 32.3 Å². The van der Waals surface area contributed by atoms with Gasteiger partial charge < -0.3 is 14.5 Å². The van der Waals surface area contributed by atoms with Crippen LogP contribution in [0.5, 0.6) is 0 Å². The number of anilines is 1. The molecule has 5 nitrogen and oxygen atoms in total. The number of halogens is 1. The summed E-state index contributed by atoms with van der Waals surface area (Å²) in [7, 11) is 0. The maximum atomic E-state index is 11.6. The van der Waals surface area contributed by atoms with Crippen molar-refractivity contribution in [2.24, 2.45) is 5.41 Å². The number of carbonyl (C=O) groups excluding carboxylic acids is 1. The molecule has 0 aliphatic carbocycles. The van der Waals surface area contributed by atoms with Crippen LogP contribution >= 0.6 is 11.8 Å². The summed E-state index contributed by atoms with van der Waals surface area (Å²) in [6, 6.07) is 8.52. The zero-order chi connectivity index (χ0) is 18.7. The number of ether oxygens (including phenoxy) is 1. The predicted octanol–water partition coefficient (Wildman–Crippen LogP) is 3.43. The van der Waals surface area contributed by atoms with Gasteiger partial charge in [0, 0.05) is 55.4 Å². The minimum absolute atomic E-state index is 0.253. The Labute approximate surface area is 167 Å². The van der Waals surface area contributed by atoms with E-state index in [9.17, 15) is 4.79 Å². The number of benzene rings is 1. The van der Waals surface area contributed by atoms with Gasteiger partial charge in [0.2, 0.25) is 0 Å². The first-order valence-electron chi connectivity index (χ1n) is 10.3. The zero-order valence-electron chi connectivity index (χ0n) is 16.0. The third-order valence-electron chi connectivity index (χ3n) is 6.97. The van der Waals surface area contributed by atoms with E-state index < -0.39 is 0 Å². The first-order chi connectivity index (χ1) is 13.2. The summed E-state index contributed by atoms with van der Waals surface area (Å²) in [6.45, 7) is 6.61. The van der Waals surface area contributed by atoms with E-state index >= 15 is 0 Å². The van der Waals surface area contributed by atoms with E-state index in [1.54, 1.807) is 0 Å². The Bertz CT molecular complexity index is 627. The standard InChI is InChI=1S/C21H30ClN3O2/c22-23-20(26)17-1-3-18(4-2-17)24-11-7-21(8-12-24)9-13-25(14-10-21)19-5-15-27-16-6-19/h1-4,19H,5-16H2,(H,23,26). The van der Waals surface area contributed by atoms with Crippen LogP contribution in [0.1, 0.15) is 48.9 Å². The molecule has 3 heterocycles. The smallest absolute Gasteiger partial charge is 0.265 e. The molecule has 1 N–H and O–H groups in total. The number of piperidine rings is 2. The van der Waals surface area contributed by atoms with Gasteiger partial charge in [-0.15, -0.1) is 0 Å². The fourth-order valence-electron chi connectivity index (χ4n) is 5.03. The van der Waals surface area contributed by atoms with Crippen molar-refractivity contribution < 1.29 is 9.53 Å². The molecule has 3 aliphatic rings. The molecule has 0 saturated carbocycles. The van der Waals surface area contributed by atoms with Crippen LogP contribution in [0.3, 0.4) is 0 Å². The van der Waals surface area contributed by atoms with Gasteiger partial charge in [-0.05, 0) is 81.3 Å². The number of hydrogen-bond donors (Lipinski definition) is 1. The Balaban J connectivity index is 1.29. The monoisotopic (exact) mass is 391 g/mol. The molecule has 27 heavy (non-hydrogen) atoms. The molecule has 0 unspecified atom stereocenters. The molecule has 1 spiro atoms. The van der Waals surface area contributed by atoms with Gasteiger partial charge in [-0.1, -0.05) is 0 Å². The second kappa shape index (κ2) is 8.38. The average molecular weight is 392 g/mol. The number of carbonyl (C=O) groups is 1. The van der Waals surface area contributed by atoms with Crippen LogP contribution in [0.4, 0.5) is 5.69 Å². The lowest BCUT2D eigenvalue weighted by molar-refractivity contribution is -0.000200. The summed E-state index contributed by atoms with van der Waals surface area (Å²) < 4.78 is 5.52. The highest BCUT2D eigenvalue weighted by Crippen LogP contribution is 2.42. The van der Waals surface area contributed by atoms with Gasteiger partial charge >= 0.3 is 0 Å². The SMILES string of the molecule is O=C(NCl)c1ccc(N2CCC3(CC2)CCN(C2CCOCC2)CC3)cc1. The Morgan fingerprint density at radius 1 is 1.00 bits per heavy atom. The molecule has 4 rings (SSSR count). The second-order valence-corrected chi connectivity index (χ2v) is 8.53. The Hall–Kier alpha value is -1.30. The minimum atomic E-state index is -0.253. The summed E-state index contributed by atoms with van der Waals surface area (Å²) in [6.07, 6.45) is 7.65. The van der Waals surface area contributed by atoms with Crippen molar-refractivity contribution in [3.63, 3.8) is 0 Å². The molecule has 3 saturated heterocycles. The van der Waals surface area contributed by atoms with E-state index in [0.29, 0.717) is 11.0 Å². The van der Waals surface area contributed by atoms with Crippen LogP contribution in [0.25, 0.3) is 0 Å². The van der Waals surface area contributed by atoms with Crippen molar-refractivity contribution in [1.82, 2.24) is 9.74 Å². The number of likely N-dealkylation sites (tertiary alicyclic amines) is 1. The summed E-state index contributed by atoms with van der Waals surface area (Å²) in [5.41, 5.74) is 2.34. The topological polar surface area (TPSA) is 44.8 Å². The van der Waals surface area contributed by atoms with Gasteiger partial charge in [-0.25, -0.2) is 0 Å². The lowest BCUT2D eigenvalue weighted by Crippen LogP contribution is -2.50. The number of nitrogens with zero attached hydrogens (tertiary/aromatic N) is 2. The molecule has 0 radical (unpaired) electrons. The van der Waals surface area contributed by atoms with Crippen LogP contribution in [-0.4, -0.2) is 56.2 Å². The maximum absolute atomic E-state index is 11.6. The zero-order valence-corrected chi connectivity index (χ0v) is 16.7. The van der Waals surface area contributed by atoms with Crippen LogP contribution in [0.15, 0.2) is 24.3 Å². The molecule has 0 bridgehead atoms. The third-order valence-corrected chi connectivity index (χ3v) is 7.14.